The third-order valence-electron chi connectivity index (χ3n) is 3.79. The predicted octanol–water partition coefficient (Wildman–Crippen LogP) is 1.40. The van der Waals surface area contributed by atoms with Crippen molar-refractivity contribution in [3.63, 3.8) is 0 Å². The lowest BCUT2D eigenvalue weighted by molar-refractivity contribution is -0.388. The Morgan fingerprint density at radius 2 is 2.23 bits per heavy atom. The zero-order valence-corrected chi connectivity index (χ0v) is 13.0. The highest BCUT2D eigenvalue weighted by Crippen LogP contribution is 2.28. The molecule has 1 heterocycles. The second kappa shape index (κ2) is 6.27. The Bertz CT molecular complexity index is 672. The summed E-state index contributed by atoms with van der Waals surface area (Å²) in [7, 11) is -4.30. The molecule has 1 atom stereocenters. The Balaban J connectivity index is 2.26. The molecule has 1 unspecified atom stereocenters. The Kier molecular flexibility index (Phi) is 4.78. The molecule has 1 aliphatic rings. The van der Waals surface area contributed by atoms with E-state index in [1.807, 2.05) is 6.92 Å². The summed E-state index contributed by atoms with van der Waals surface area (Å²) in [6.45, 7) is 3.52. The number of halogens is 1. The van der Waals surface area contributed by atoms with Crippen molar-refractivity contribution >= 4 is 15.7 Å². The maximum absolute atomic E-state index is 13.8. The number of nitrogens with one attached hydrogen (secondary N) is 2. The van der Waals surface area contributed by atoms with Gasteiger partial charge in [-0.05, 0) is 30.9 Å². The van der Waals surface area contributed by atoms with Crippen LogP contribution in [0.3, 0.4) is 0 Å². The van der Waals surface area contributed by atoms with Crippen LogP contribution in [0.1, 0.15) is 19.8 Å². The quantitative estimate of drug-likeness (QED) is 0.627. The van der Waals surface area contributed by atoms with Crippen LogP contribution in [0.25, 0.3) is 0 Å². The van der Waals surface area contributed by atoms with Crippen LogP contribution in [0.2, 0.25) is 0 Å². The summed E-state index contributed by atoms with van der Waals surface area (Å²) in [5.74, 6) is -1.13. The highest BCUT2D eigenvalue weighted by molar-refractivity contribution is 7.89. The number of rotatable bonds is 5. The SMILES string of the molecule is CC1(CNS(=O)(=O)c2c(F)cccc2[N+](=O)[O-])CCCNC1. The number of nitrogens with zero attached hydrogens (tertiary/aromatic N) is 1. The molecule has 9 heteroatoms. The van der Waals surface area contributed by atoms with E-state index in [9.17, 15) is 22.9 Å². The molecule has 122 valence electrons. The fourth-order valence-corrected chi connectivity index (χ4v) is 3.94. The van der Waals surface area contributed by atoms with Gasteiger partial charge in [-0.1, -0.05) is 13.0 Å². The van der Waals surface area contributed by atoms with Crippen LogP contribution in [-0.4, -0.2) is 33.0 Å². The van der Waals surface area contributed by atoms with E-state index in [-0.39, 0.29) is 12.0 Å². The number of nitro benzene ring substituents is 1. The Hall–Kier alpha value is -1.58. The second-order valence-corrected chi connectivity index (χ2v) is 7.46. The molecule has 7 nitrogen and oxygen atoms in total. The molecular formula is C13H18FN3O4S. The molecule has 22 heavy (non-hydrogen) atoms. The van der Waals surface area contributed by atoms with Crippen LogP contribution in [0.15, 0.2) is 23.1 Å². The average molecular weight is 331 g/mol. The number of hydrogen-bond donors (Lipinski definition) is 2. The van der Waals surface area contributed by atoms with Crippen molar-refractivity contribution in [3.05, 3.63) is 34.1 Å². The van der Waals surface area contributed by atoms with Crippen molar-refractivity contribution < 1.29 is 17.7 Å². The van der Waals surface area contributed by atoms with E-state index in [2.05, 4.69) is 10.0 Å². The van der Waals surface area contributed by atoms with Gasteiger partial charge in [0.05, 0.1) is 4.92 Å². The lowest BCUT2D eigenvalue weighted by Crippen LogP contribution is -2.45. The fraction of sp³-hybridized carbons (Fsp3) is 0.538. The molecule has 1 aliphatic heterocycles. The topological polar surface area (TPSA) is 101 Å². The van der Waals surface area contributed by atoms with Gasteiger partial charge >= 0.3 is 0 Å². The molecule has 0 spiro atoms. The summed E-state index contributed by atoms with van der Waals surface area (Å²) in [5, 5.41) is 14.1. The lowest BCUT2D eigenvalue weighted by atomic mass is 9.83. The van der Waals surface area contributed by atoms with Crippen LogP contribution in [-0.2, 0) is 10.0 Å². The minimum Gasteiger partial charge on any atom is -0.316 e. The molecule has 0 aliphatic carbocycles. The van der Waals surface area contributed by atoms with Gasteiger partial charge in [0, 0.05) is 19.2 Å². The molecule has 2 rings (SSSR count). The van der Waals surface area contributed by atoms with Crippen molar-refractivity contribution in [1.82, 2.24) is 10.0 Å². The first-order valence-electron chi connectivity index (χ1n) is 6.88. The van der Waals surface area contributed by atoms with Gasteiger partial charge in [-0.25, -0.2) is 17.5 Å². The second-order valence-electron chi connectivity index (χ2n) is 5.76. The summed E-state index contributed by atoms with van der Waals surface area (Å²) in [6, 6.07) is 2.98. The molecule has 0 amide bonds. The number of benzene rings is 1. The molecular weight excluding hydrogens is 313 g/mol. The molecule has 0 bridgehead atoms. The van der Waals surface area contributed by atoms with Gasteiger partial charge in [-0.2, -0.15) is 0 Å². The molecule has 0 aromatic heterocycles. The first-order chi connectivity index (χ1) is 10.3. The first kappa shape index (κ1) is 16.8. The van der Waals surface area contributed by atoms with Gasteiger partial charge in [-0.3, -0.25) is 10.1 Å². The van der Waals surface area contributed by atoms with Crippen molar-refractivity contribution in [1.29, 1.82) is 0 Å². The third kappa shape index (κ3) is 3.60. The zero-order valence-electron chi connectivity index (χ0n) is 12.1. The zero-order chi connectivity index (χ0) is 16.4. The van der Waals surface area contributed by atoms with Crippen LogP contribution in [0.4, 0.5) is 10.1 Å². The highest BCUT2D eigenvalue weighted by Gasteiger charge is 2.33. The maximum atomic E-state index is 13.8. The van der Waals surface area contributed by atoms with Gasteiger partial charge in [0.15, 0.2) is 4.90 Å². The molecule has 0 radical (unpaired) electrons. The number of piperidine rings is 1. The monoisotopic (exact) mass is 331 g/mol. The number of nitro groups is 1. The molecule has 1 aromatic rings. The summed E-state index contributed by atoms with van der Waals surface area (Å²) in [6.07, 6.45) is 1.74. The summed E-state index contributed by atoms with van der Waals surface area (Å²) in [5.41, 5.74) is -1.06. The minimum atomic E-state index is -4.30. The van der Waals surface area contributed by atoms with Crippen LogP contribution in [0.5, 0.6) is 0 Å². The first-order valence-corrected chi connectivity index (χ1v) is 8.37. The van der Waals surface area contributed by atoms with Crippen molar-refractivity contribution in [2.24, 2.45) is 5.41 Å². The average Bonchev–Trinajstić information content (AvgIpc) is 2.46. The van der Waals surface area contributed by atoms with Crippen LogP contribution in [0, 0.1) is 21.3 Å². The van der Waals surface area contributed by atoms with E-state index < -0.39 is 31.3 Å². The van der Waals surface area contributed by atoms with E-state index >= 15 is 0 Å². The van der Waals surface area contributed by atoms with Gasteiger partial charge in [0.25, 0.3) is 5.69 Å². The van der Waals surface area contributed by atoms with E-state index in [0.717, 1.165) is 37.6 Å². The normalized spacial score (nSPS) is 22.5. The minimum absolute atomic E-state index is 0.0911. The van der Waals surface area contributed by atoms with Crippen molar-refractivity contribution in [2.75, 3.05) is 19.6 Å². The molecule has 1 saturated heterocycles. The summed E-state index contributed by atoms with van der Waals surface area (Å²) in [4.78, 5) is 9.12. The maximum Gasteiger partial charge on any atom is 0.292 e. The lowest BCUT2D eigenvalue weighted by Gasteiger charge is -2.34. The number of sulfonamides is 1. The summed E-state index contributed by atoms with van der Waals surface area (Å²) >= 11 is 0. The van der Waals surface area contributed by atoms with Crippen molar-refractivity contribution in [3.8, 4) is 0 Å². The van der Waals surface area contributed by atoms with Gasteiger partial charge in [0.2, 0.25) is 10.0 Å². The fourth-order valence-electron chi connectivity index (χ4n) is 2.52. The van der Waals surface area contributed by atoms with Gasteiger partial charge in [-0.15, -0.1) is 0 Å². The van der Waals surface area contributed by atoms with Crippen molar-refractivity contribution in [2.45, 2.75) is 24.7 Å². The van der Waals surface area contributed by atoms with Crippen LogP contribution >= 0.6 is 0 Å². The highest BCUT2D eigenvalue weighted by atomic mass is 32.2. The third-order valence-corrected chi connectivity index (χ3v) is 5.25. The van der Waals surface area contributed by atoms with Gasteiger partial charge < -0.3 is 5.32 Å². The molecule has 1 fully saturated rings. The van der Waals surface area contributed by atoms with Crippen LogP contribution < -0.4 is 10.0 Å². The summed E-state index contributed by atoms with van der Waals surface area (Å²) < 4.78 is 40.7. The number of hydrogen-bond acceptors (Lipinski definition) is 5. The standard InChI is InChI=1S/C13H18FN3O4S/c1-13(6-3-7-15-8-13)9-16-22(20,21)12-10(14)4-2-5-11(12)17(18)19/h2,4-5,15-16H,3,6-9H2,1H3. The van der Waals surface area contributed by atoms with E-state index in [1.165, 1.54) is 0 Å². The largest absolute Gasteiger partial charge is 0.316 e. The van der Waals surface area contributed by atoms with E-state index in [4.69, 9.17) is 0 Å². The molecule has 0 saturated carbocycles. The molecule has 2 N–H and O–H groups in total. The van der Waals surface area contributed by atoms with E-state index in [1.54, 1.807) is 0 Å². The Labute approximate surface area is 128 Å². The van der Waals surface area contributed by atoms with Gasteiger partial charge in [0.1, 0.15) is 5.82 Å². The molecule has 1 aromatic carbocycles. The predicted molar refractivity (Wildman–Crippen MR) is 78.5 cm³/mol. The van der Waals surface area contributed by atoms with E-state index in [0.29, 0.717) is 6.54 Å². The smallest absolute Gasteiger partial charge is 0.292 e. The Morgan fingerprint density at radius 1 is 1.50 bits per heavy atom. The Morgan fingerprint density at radius 3 is 2.82 bits per heavy atom.